The number of amides is 3. The van der Waals surface area contributed by atoms with Crippen LogP contribution in [0.15, 0.2) is 24.3 Å². The molecule has 1 fully saturated rings. The van der Waals surface area contributed by atoms with Gasteiger partial charge in [-0.15, -0.1) is 0 Å². The summed E-state index contributed by atoms with van der Waals surface area (Å²) in [5, 5.41) is 8.52. The fourth-order valence-corrected chi connectivity index (χ4v) is 2.63. The van der Waals surface area contributed by atoms with Gasteiger partial charge in [-0.05, 0) is 49.8 Å². The van der Waals surface area contributed by atoms with Crippen molar-refractivity contribution in [2.75, 3.05) is 10.6 Å². The van der Waals surface area contributed by atoms with Crippen LogP contribution in [-0.4, -0.2) is 18.0 Å². The molecule has 5 heteroatoms. The van der Waals surface area contributed by atoms with Crippen LogP contribution in [0.2, 0.25) is 0 Å². The van der Waals surface area contributed by atoms with Crippen molar-refractivity contribution in [3.63, 3.8) is 0 Å². The van der Waals surface area contributed by atoms with Crippen molar-refractivity contribution in [3.8, 4) is 0 Å². The quantitative estimate of drug-likeness (QED) is 0.798. The van der Waals surface area contributed by atoms with Crippen molar-refractivity contribution in [2.45, 2.75) is 45.6 Å². The van der Waals surface area contributed by atoms with Crippen molar-refractivity contribution in [2.24, 2.45) is 5.92 Å². The van der Waals surface area contributed by atoms with Gasteiger partial charge >= 0.3 is 6.03 Å². The van der Waals surface area contributed by atoms with E-state index in [1.54, 1.807) is 24.3 Å². The molecule has 0 heterocycles. The van der Waals surface area contributed by atoms with E-state index in [0.717, 1.165) is 18.8 Å². The topological polar surface area (TPSA) is 70.2 Å². The van der Waals surface area contributed by atoms with E-state index >= 15 is 0 Å². The van der Waals surface area contributed by atoms with Gasteiger partial charge in [0.1, 0.15) is 0 Å². The molecule has 0 radical (unpaired) electrons. The van der Waals surface area contributed by atoms with Gasteiger partial charge < -0.3 is 16.0 Å². The molecule has 0 unspecified atom stereocenters. The van der Waals surface area contributed by atoms with Crippen molar-refractivity contribution < 1.29 is 9.59 Å². The van der Waals surface area contributed by atoms with Crippen LogP contribution < -0.4 is 16.0 Å². The molecular formula is C16H23N3O2. The van der Waals surface area contributed by atoms with Gasteiger partial charge in [-0.3, -0.25) is 4.79 Å². The Hall–Kier alpha value is -2.04. The van der Waals surface area contributed by atoms with E-state index in [4.69, 9.17) is 0 Å². The molecule has 5 nitrogen and oxygen atoms in total. The van der Waals surface area contributed by atoms with Crippen LogP contribution in [0.4, 0.5) is 16.2 Å². The first-order valence-corrected chi connectivity index (χ1v) is 7.48. The predicted molar refractivity (Wildman–Crippen MR) is 84.3 cm³/mol. The summed E-state index contributed by atoms with van der Waals surface area (Å²) in [7, 11) is 0. The maximum Gasteiger partial charge on any atom is 0.319 e. The van der Waals surface area contributed by atoms with E-state index in [2.05, 4.69) is 22.9 Å². The zero-order chi connectivity index (χ0) is 15.2. The van der Waals surface area contributed by atoms with E-state index in [9.17, 15) is 9.59 Å². The first kappa shape index (κ1) is 15.4. The molecule has 3 N–H and O–H groups in total. The van der Waals surface area contributed by atoms with Crippen LogP contribution in [-0.2, 0) is 4.79 Å². The van der Waals surface area contributed by atoms with Gasteiger partial charge in [0.15, 0.2) is 0 Å². The standard InChI is InChI=1S/C16H23N3O2/c1-11-6-8-13(9-7-11)18-16(21)19-15-5-3-4-14(10-15)17-12(2)20/h3-5,10-11,13H,6-9H2,1-2H3,(H,17,20)(H2,18,19,21). The second-order valence-electron chi connectivity index (χ2n) is 5.82. The summed E-state index contributed by atoms with van der Waals surface area (Å²) < 4.78 is 0. The van der Waals surface area contributed by atoms with Gasteiger partial charge in [0, 0.05) is 24.3 Å². The molecule has 0 bridgehead atoms. The van der Waals surface area contributed by atoms with E-state index < -0.39 is 0 Å². The Morgan fingerprint density at radius 2 is 1.67 bits per heavy atom. The molecule has 0 saturated heterocycles. The number of nitrogens with one attached hydrogen (secondary N) is 3. The molecule has 0 aliphatic heterocycles. The lowest BCUT2D eigenvalue weighted by atomic mass is 9.87. The van der Waals surface area contributed by atoms with Gasteiger partial charge in [0.05, 0.1) is 0 Å². The van der Waals surface area contributed by atoms with Crippen LogP contribution in [0.25, 0.3) is 0 Å². The summed E-state index contributed by atoms with van der Waals surface area (Å²) in [5.74, 6) is 0.633. The number of hydrogen-bond donors (Lipinski definition) is 3. The van der Waals surface area contributed by atoms with Crippen molar-refractivity contribution in [3.05, 3.63) is 24.3 Å². The SMILES string of the molecule is CC(=O)Nc1cccc(NC(=O)NC2CCC(C)CC2)c1. The van der Waals surface area contributed by atoms with Crippen molar-refractivity contribution in [1.82, 2.24) is 5.32 Å². The predicted octanol–water partition coefficient (Wildman–Crippen LogP) is 3.35. The molecule has 1 aromatic rings. The van der Waals surface area contributed by atoms with E-state index in [1.807, 2.05) is 0 Å². The number of hydrogen-bond acceptors (Lipinski definition) is 2. The second kappa shape index (κ2) is 7.11. The summed E-state index contributed by atoms with van der Waals surface area (Å²) >= 11 is 0. The summed E-state index contributed by atoms with van der Waals surface area (Å²) in [4.78, 5) is 23.0. The Morgan fingerprint density at radius 3 is 2.29 bits per heavy atom. The summed E-state index contributed by atoms with van der Waals surface area (Å²) in [6.07, 6.45) is 4.42. The van der Waals surface area contributed by atoms with Gasteiger partial charge in [-0.25, -0.2) is 4.79 Å². The molecule has 114 valence electrons. The molecule has 0 atom stereocenters. The number of rotatable bonds is 3. The minimum absolute atomic E-state index is 0.132. The highest BCUT2D eigenvalue weighted by atomic mass is 16.2. The van der Waals surface area contributed by atoms with E-state index in [0.29, 0.717) is 11.4 Å². The fourth-order valence-electron chi connectivity index (χ4n) is 2.63. The normalized spacial score (nSPS) is 21.4. The zero-order valence-corrected chi connectivity index (χ0v) is 12.6. The molecule has 2 rings (SSSR count). The first-order valence-electron chi connectivity index (χ1n) is 7.48. The average molecular weight is 289 g/mol. The van der Waals surface area contributed by atoms with Gasteiger partial charge in [0.25, 0.3) is 0 Å². The van der Waals surface area contributed by atoms with Crippen LogP contribution in [0.1, 0.15) is 39.5 Å². The molecule has 21 heavy (non-hydrogen) atoms. The lowest BCUT2D eigenvalue weighted by molar-refractivity contribution is -0.114. The zero-order valence-electron chi connectivity index (χ0n) is 12.6. The van der Waals surface area contributed by atoms with Crippen LogP contribution in [0.5, 0.6) is 0 Å². The number of urea groups is 1. The van der Waals surface area contributed by atoms with Gasteiger partial charge in [0.2, 0.25) is 5.91 Å². The van der Waals surface area contributed by atoms with Crippen LogP contribution >= 0.6 is 0 Å². The lowest BCUT2D eigenvalue weighted by Gasteiger charge is -2.26. The van der Waals surface area contributed by atoms with Gasteiger partial charge in [-0.1, -0.05) is 13.0 Å². The third kappa shape index (κ3) is 5.10. The van der Waals surface area contributed by atoms with E-state index in [1.165, 1.54) is 19.8 Å². The molecule has 1 aliphatic carbocycles. The third-order valence-corrected chi connectivity index (χ3v) is 3.79. The van der Waals surface area contributed by atoms with Gasteiger partial charge in [-0.2, -0.15) is 0 Å². The Balaban J connectivity index is 1.86. The minimum Gasteiger partial charge on any atom is -0.335 e. The highest BCUT2D eigenvalue weighted by Crippen LogP contribution is 2.23. The highest BCUT2D eigenvalue weighted by molar-refractivity contribution is 5.92. The molecule has 1 aromatic carbocycles. The molecule has 0 aromatic heterocycles. The maximum atomic E-state index is 12.0. The Kier molecular flexibility index (Phi) is 5.20. The Bertz CT molecular complexity index is 508. The molecular weight excluding hydrogens is 266 g/mol. The van der Waals surface area contributed by atoms with Crippen LogP contribution in [0, 0.1) is 5.92 Å². The molecule has 0 spiro atoms. The monoisotopic (exact) mass is 289 g/mol. The summed E-state index contributed by atoms with van der Waals surface area (Å²) in [6, 6.07) is 7.20. The fraction of sp³-hybridized carbons (Fsp3) is 0.500. The summed E-state index contributed by atoms with van der Waals surface area (Å²) in [6.45, 7) is 3.71. The molecule has 1 saturated carbocycles. The lowest BCUT2D eigenvalue weighted by Crippen LogP contribution is -2.39. The van der Waals surface area contributed by atoms with Crippen molar-refractivity contribution >= 4 is 23.3 Å². The maximum absolute atomic E-state index is 12.0. The smallest absolute Gasteiger partial charge is 0.319 e. The first-order chi connectivity index (χ1) is 10.0. The summed E-state index contributed by atoms with van der Waals surface area (Å²) in [5.41, 5.74) is 1.34. The molecule has 1 aliphatic rings. The Labute approximate surface area is 125 Å². The Morgan fingerprint density at radius 1 is 1.05 bits per heavy atom. The van der Waals surface area contributed by atoms with Crippen LogP contribution in [0.3, 0.4) is 0 Å². The minimum atomic E-state index is -0.186. The highest BCUT2D eigenvalue weighted by Gasteiger charge is 2.19. The largest absolute Gasteiger partial charge is 0.335 e. The van der Waals surface area contributed by atoms with E-state index in [-0.39, 0.29) is 18.0 Å². The third-order valence-electron chi connectivity index (χ3n) is 3.79. The number of carbonyl (C=O) groups is 2. The average Bonchev–Trinajstić information content (AvgIpc) is 2.41. The number of carbonyl (C=O) groups excluding carboxylic acids is 2. The number of benzene rings is 1. The molecule has 3 amide bonds. The second-order valence-corrected chi connectivity index (χ2v) is 5.82. The number of anilines is 2. The van der Waals surface area contributed by atoms with Crippen molar-refractivity contribution in [1.29, 1.82) is 0 Å².